The molecule has 1 aliphatic carbocycles. The molecule has 0 aromatic carbocycles. The van der Waals surface area contributed by atoms with Gasteiger partial charge in [-0.25, -0.2) is 19.9 Å². The molecule has 1 aliphatic heterocycles. The number of aromatic nitrogens is 5. The molecule has 5 aromatic heterocycles. The van der Waals surface area contributed by atoms with E-state index in [1.807, 2.05) is 31.4 Å². The van der Waals surface area contributed by atoms with E-state index in [0.717, 1.165) is 77.7 Å². The minimum absolute atomic E-state index is 0.0576. The summed E-state index contributed by atoms with van der Waals surface area (Å²) in [6.07, 6.45) is 6.59. The number of pyridine rings is 2. The van der Waals surface area contributed by atoms with Crippen LogP contribution in [0.2, 0.25) is 5.02 Å². The fourth-order valence-corrected chi connectivity index (χ4v) is 7.44. The van der Waals surface area contributed by atoms with Gasteiger partial charge in [0, 0.05) is 47.9 Å². The number of piperidine rings is 1. The van der Waals surface area contributed by atoms with Crippen molar-refractivity contribution >= 4 is 51.4 Å². The maximum atomic E-state index is 6.84. The third-order valence-electron chi connectivity index (χ3n) is 7.91. The van der Waals surface area contributed by atoms with Gasteiger partial charge in [-0.05, 0) is 49.9 Å². The molecule has 0 radical (unpaired) electrons. The van der Waals surface area contributed by atoms with Gasteiger partial charge in [-0.1, -0.05) is 11.6 Å². The van der Waals surface area contributed by atoms with Crippen molar-refractivity contribution in [3.63, 3.8) is 0 Å². The molecule has 5 N–H and O–H groups in total. The topological polar surface area (TPSA) is 123 Å². The molecule has 5 aromatic rings. The van der Waals surface area contributed by atoms with Gasteiger partial charge in [-0.15, -0.1) is 11.3 Å². The number of nitrogens with two attached hydrogens (primary N) is 2. The molecule has 36 heavy (non-hydrogen) atoms. The molecule has 9 nitrogen and oxygen atoms in total. The van der Waals surface area contributed by atoms with E-state index in [1.165, 1.54) is 10.6 Å². The molecular formula is C25H26ClN9S. The fraction of sp³-hybridized carbons (Fsp3) is 0.360. The number of nitrogen functional groups attached to an aromatic ring is 1. The third-order valence-corrected chi connectivity index (χ3v) is 9.49. The van der Waals surface area contributed by atoms with Gasteiger partial charge in [0.1, 0.15) is 27.6 Å². The molecule has 1 fully saturated rings. The highest BCUT2D eigenvalue weighted by Crippen LogP contribution is 2.52. The van der Waals surface area contributed by atoms with Gasteiger partial charge < -0.3 is 21.7 Å². The Balaban J connectivity index is 1.18. The van der Waals surface area contributed by atoms with Crippen molar-refractivity contribution in [3.8, 4) is 11.1 Å². The number of hydrogen-bond donors (Lipinski definition) is 3. The SMILES string of the molecule is CNCc1nc2c(s1)[C@@H](N)C1(CCN(c3nc4ccc(-c5ccnc(N)c5Cl)c5ncc3n45)CC1)C2. The molecule has 2 aliphatic rings. The summed E-state index contributed by atoms with van der Waals surface area (Å²) >= 11 is 8.25. The average molecular weight is 520 g/mol. The Morgan fingerprint density at radius 1 is 1.17 bits per heavy atom. The molecule has 1 atom stereocenters. The van der Waals surface area contributed by atoms with E-state index >= 15 is 0 Å². The Kier molecular flexibility index (Phi) is 4.91. The first kappa shape index (κ1) is 22.2. The van der Waals surface area contributed by atoms with Crippen LogP contribution in [-0.2, 0) is 13.0 Å². The van der Waals surface area contributed by atoms with E-state index in [1.54, 1.807) is 17.5 Å². The van der Waals surface area contributed by atoms with Gasteiger partial charge in [0.15, 0.2) is 5.82 Å². The van der Waals surface area contributed by atoms with Gasteiger partial charge >= 0.3 is 0 Å². The number of hydrogen-bond acceptors (Lipinski definition) is 9. The zero-order chi connectivity index (χ0) is 24.6. The lowest BCUT2D eigenvalue weighted by Crippen LogP contribution is -2.44. The lowest BCUT2D eigenvalue weighted by Gasteiger charge is -2.42. The quantitative estimate of drug-likeness (QED) is 0.329. The second kappa shape index (κ2) is 7.97. The number of nitrogens with zero attached hydrogens (tertiary/aromatic N) is 6. The number of imidazole rings is 2. The lowest BCUT2D eigenvalue weighted by atomic mass is 9.74. The van der Waals surface area contributed by atoms with Crippen LogP contribution in [0.4, 0.5) is 11.6 Å². The highest BCUT2D eigenvalue weighted by Gasteiger charge is 2.48. The van der Waals surface area contributed by atoms with Gasteiger partial charge in [0.2, 0.25) is 0 Å². The van der Waals surface area contributed by atoms with E-state index in [0.29, 0.717) is 10.8 Å². The summed E-state index contributed by atoms with van der Waals surface area (Å²) < 4.78 is 2.11. The van der Waals surface area contributed by atoms with Crippen LogP contribution in [-0.4, -0.2) is 44.5 Å². The number of nitrogens with one attached hydrogen (secondary N) is 1. The van der Waals surface area contributed by atoms with Crippen molar-refractivity contribution < 1.29 is 0 Å². The number of thiazole rings is 1. The van der Waals surface area contributed by atoms with E-state index < -0.39 is 0 Å². The minimum atomic E-state index is 0.0576. The van der Waals surface area contributed by atoms with Crippen LogP contribution in [0, 0.1) is 5.41 Å². The van der Waals surface area contributed by atoms with E-state index in [4.69, 9.17) is 38.0 Å². The molecule has 0 bridgehead atoms. The number of rotatable bonds is 4. The molecule has 184 valence electrons. The predicted molar refractivity (Wildman–Crippen MR) is 144 cm³/mol. The Morgan fingerprint density at radius 3 is 2.78 bits per heavy atom. The van der Waals surface area contributed by atoms with Crippen LogP contribution in [0.5, 0.6) is 0 Å². The summed E-state index contributed by atoms with van der Waals surface area (Å²) in [5.41, 5.74) is 18.5. The van der Waals surface area contributed by atoms with Gasteiger partial charge in [0.25, 0.3) is 0 Å². The minimum Gasteiger partial charge on any atom is -0.382 e. The monoisotopic (exact) mass is 519 g/mol. The van der Waals surface area contributed by atoms with E-state index in [-0.39, 0.29) is 11.5 Å². The normalized spacial score (nSPS) is 19.2. The van der Waals surface area contributed by atoms with Crippen LogP contribution in [0.1, 0.15) is 34.5 Å². The van der Waals surface area contributed by atoms with E-state index in [9.17, 15) is 0 Å². The Hall–Kier alpha value is -3.05. The maximum absolute atomic E-state index is 6.84. The first-order valence-electron chi connectivity index (χ1n) is 12.1. The number of fused-ring (bicyclic) bond motifs is 1. The summed E-state index contributed by atoms with van der Waals surface area (Å²) in [7, 11) is 1.95. The lowest BCUT2D eigenvalue weighted by molar-refractivity contribution is 0.187. The molecular weight excluding hydrogens is 494 g/mol. The van der Waals surface area contributed by atoms with Crippen LogP contribution in [0.15, 0.2) is 30.6 Å². The summed E-state index contributed by atoms with van der Waals surface area (Å²) in [5.74, 6) is 1.28. The Labute approximate surface area is 216 Å². The van der Waals surface area contributed by atoms with Crippen molar-refractivity contribution in [2.45, 2.75) is 31.8 Å². The zero-order valence-corrected chi connectivity index (χ0v) is 21.4. The second-order valence-corrected chi connectivity index (χ2v) is 11.3. The molecule has 0 amide bonds. The number of halogens is 1. The third kappa shape index (κ3) is 3.08. The molecule has 1 spiro atoms. The standard InChI is InChI=1S/C25H26ClN9S/c1-29-12-18-32-15-10-25(21(27)20(15)36-18)5-8-34(9-6-25)24-16-11-31-23-14(2-3-17(33-24)35(16)23)13-4-7-30-22(28)19(13)26/h2-4,7,11,21,29H,5-6,8-10,12,27H2,1H3,(H2,28,30)/t21-/m1/s1. The van der Waals surface area contributed by atoms with Crippen LogP contribution in [0.3, 0.4) is 0 Å². The van der Waals surface area contributed by atoms with Gasteiger partial charge in [0.05, 0.1) is 16.9 Å². The molecule has 11 heteroatoms. The molecule has 7 rings (SSSR count). The zero-order valence-electron chi connectivity index (χ0n) is 19.8. The molecule has 6 heterocycles. The van der Waals surface area contributed by atoms with Crippen molar-refractivity contribution in [1.82, 2.24) is 29.7 Å². The number of anilines is 2. The largest absolute Gasteiger partial charge is 0.382 e. The average Bonchev–Trinajstić information content (AvgIpc) is 3.63. The van der Waals surface area contributed by atoms with Gasteiger partial charge in [-0.2, -0.15) is 0 Å². The maximum Gasteiger partial charge on any atom is 0.157 e. The summed E-state index contributed by atoms with van der Waals surface area (Å²) in [5, 5.41) is 4.76. The fourth-order valence-electron chi connectivity index (χ4n) is 5.99. The Bertz CT molecular complexity index is 1600. The first-order valence-corrected chi connectivity index (χ1v) is 13.3. The van der Waals surface area contributed by atoms with E-state index in [2.05, 4.69) is 19.6 Å². The second-order valence-electron chi connectivity index (χ2n) is 9.85. The molecule has 0 saturated carbocycles. The predicted octanol–water partition coefficient (Wildman–Crippen LogP) is 3.64. The molecule has 0 unspecified atom stereocenters. The van der Waals surface area contributed by atoms with Crippen LogP contribution in [0.25, 0.3) is 27.9 Å². The summed E-state index contributed by atoms with van der Waals surface area (Å²) in [6, 6.07) is 5.94. The van der Waals surface area contributed by atoms with Crippen molar-refractivity contribution in [3.05, 3.63) is 51.2 Å². The molecule has 1 saturated heterocycles. The summed E-state index contributed by atoms with van der Waals surface area (Å²) in [6.45, 7) is 2.62. The Morgan fingerprint density at radius 2 is 2.00 bits per heavy atom. The van der Waals surface area contributed by atoms with Crippen molar-refractivity contribution in [2.24, 2.45) is 11.1 Å². The summed E-state index contributed by atoms with van der Waals surface area (Å²) in [4.78, 5) is 22.4. The van der Waals surface area contributed by atoms with Crippen LogP contribution >= 0.6 is 22.9 Å². The van der Waals surface area contributed by atoms with Crippen molar-refractivity contribution in [1.29, 1.82) is 0 Å². The van der Waals surface area contributed by atoms with Crippen molar-refractivity contribution in [2.75, 3.05) is 30.8 Å². The smallest absolute Gasteiger partial charge is 0.157 e. The van der Waals surface area contributed by atoms with Gasteiger partial charge in [-0.3, -0.25) is 4.40 Å². The van der Waals surface area contributed by atoms with Crippen LogP contribution < -0.4 is 21.7 Å². The highest BCUT2D eigenvalue weighted by atomic mass is 35.5. The first-order chi connectivity index (χ1) is 17.5. The highest BCUT2D eigenvalue weighted by molar-refractivity contribution is 7.11.